The minimum absolute atomic E-state index is 0.119. The third-order valence-electron chi connectivity index (χ3n) is 13.3. The fraction of sp³-hybridized carbons (Fsp3) is 0.415. The van der Waals surface area contributed by atoms with Gasteiger partial charge in [-0.25, -0.2) is 22.7 Å². The highest BCUT2D eigenvalue weighted by Gasteiger charge is 2.51. The van der Waals surface area contributed by atoms with Crippen LogP contribution in [0.25, 0.3) is 0 Å². The van der Waals surface area contributed by atoms with E-state index in [4.69, 9.17) is 9.47 Å². The van der Waals surface area contributed by atoms with Crippen molar-refractivity contribution >= 4 is 19.6 Å². The number of hydrogen-bond acceptors (Lipinski definition) is 8. The van der Waals surface area contributed by atoms with Crippen LogP contribution >= 0.6 is 7.82 Å². The van der Waals surface area contributed by atoms with E-state index in [-0.39, 0.29) is 43.2 Å². The molecule has 3 heterocycles. The second-order valence-electron chi connectivity index (χ2n) is 18.7. The molecule has 5 aromatic rings. The first-order valence-corrected chi connectivity index (χ1v) is 25.7. The monoisotopic (exact) mass is 985 g/mol. The van der Waals surface area contributed by atoms with Gasteiger partial charge in [0, 0.05) is 38.3 Å². The predicted molar refractivity (Wildman–Crippen MR) is 260 cm³/mol. The van der Waals surface area contributed by atoms with Crippen LogP contribution in [0, 0.1) is 11.6 Å². The number of aryl methyl sites for hydroxylation is 1. The number of aromatic nitrogens is 1. The number of Topliss-reactive ketones (excluding diaryl/α,β-unsaturated/α-hetero) is 1. The minimum Gasteiger partial charge on any atom is -0.466 e. The fourth-order valence-electron chi connectivity index (χ4n) is 9.58. The molecule has 2 fully saturated rings. The largest absolute Gasteiger partial charge is 0.472 e. The second-order valence-corrected chi connectivity index (χ2v) is 19.9. The number of rotatable bonds is 27. The van der Waals surface area contributed by atoms with Gasteiger partial charge in [0.05, 0.1) is 44.4 Å². The summed E-state index contributed by atoms with van der Waals surface area (Å²) < 4.78 is 57.8. The summed E-state index contributed by atoms with van der Waals surface area (Å²) in [6, 6.07) is 32.2. The van der Waals surface area contributed by atoms with Crippen molar-refractivity contribution < 1.29 is 60.9 Å². The van der Waals surface area contributed by atoms with E-state index in [9.17, 15) is 37.8 Å². The molecule has 4 aromatic carbocycles. The Bertz CT molecular complexity index is 2490. The average Bonchev–Trinajstić information content (AvgIpc) is 3.90. The van der Waals surface area contributed by atoms with Crippen molar-refractivity contribution in [2.24, 2.45) is 0 Å². The van der Waals surface area contributed by atoms with E-state index in [0.717, 1.165) is 64.7 Å². The number of amides is 2. The summed E-state index contributed by atoms with van der Waals surface area (Å²) in [6.45, 7) is 3.41. The number of benzene rings is 4. The maximum absolute atomic E-state index is 14.3. The number of hydrogen-bond donors (Lipinski definition) is 5. The van der Waals surface area contributed by atoms with Crippen molar-refractivity contribution in [3.8, 4) is 5.75 Å². The van der Waals surface area contributed by atoms with E-state index in [1.807, 2.05) is 13.1 Å². The van der Waals surface area contributed by atoms with Crippen LogP contribution in [-0.2, 0) is 32.3 Å². The number of phosphoric ester groups is 1. The number of aliphatic hydroxyl groups is 1. The van der Waals surface area contributed by atoms with Gasteiger partial charge < -0.3 is 44.4 Å². The summed E-state index contributed by atoms with van der Waals surface area (Å²) in [4.78, 5) is 48.5. The van der Waals surface area contributed by atoms with Crippen LogP contribution in [0.4, 0.5) is 13.6 Å². The summed E-state index contributed by atoms with van der Waals surface area (Å²) in [5, 5.41) is 17.7. The van der Waals surface area contributed by atoms with Crippen molar-refractivity contribution in [1.82, 2.24) is 15.5 Å². The lowest BCUT2D eigenvalue weighted by molar-refractivity contribution is -0.890. The van der Waals surface area contributed by atoms with Gasteiger partial charge in [-0.2, -0.15) is 4.57 Å². The normalized spacial score (nSPS) is 18.2. The smallest absolute Gasteiger partial charge is 0.466 e. The predicted octanol–water partition coefficient (Wildman–Crippen LogP) is 7.34. The number of carbonyl (C=O) groups excluding carboxylic acids is 2. The Morgan fingerprint density at radius 3 is 2.27 bits per heavy atom. The lowest BCUT2D eigenvalue weighted by atomic mass is 9.83. The van der Waals surface area contributed by atoms with E-state index in [1.165, 1.54) is 29.8 Å². The number of nitrogens with one attached hydrogen (secondary N) is 2. The molecule has 0 saturated carbocycles. The van der Waals surface area contributed by atoms with Gasteiger partial charge in [-0.15, -0.1) is 0 Å². The Morgan fingerprint density at radius 1 is 0.900 bits per heavy atom. The number of quaternary nitrogens is 1. The zero-order valence-electron chi connectivity index (χ0n) is 39.8. The van der Waals surface area contributed by atoms with Crippen molar-refractivity contribution in [2.75, 3.05) is 66.3 Å². The summed E-state index contributed by atoms with van der Waals surface area (Å²) in [5.74, 6) is -0.720. The Labute approximate surface area is 409 Å². The fourth-order valence-corrected chi connectivity index (χ4v) is 9.77. The summed E-state index contributed by atoms with van der Waals surface area (Å²) in [5.41, 5.74) is 3.17. The molecule has 3 atom stereocenters. The Balaban J connectivity index is 0.933. The van der Waals surface area contributed by atoms with E-state index < -0.39 is 37.9 Å². The van der Waals surface area contributed by atoms with Gasteiger partial charge in [0.25, 0.3) is 11.5 Å². The number of urea groups is 1. The van der Waals surface area contributed by atoms with Gasteiger partial charge in [-0.05, 0) is 103 Å². The number of pyridine rings is 1. The van der Waals surface area contributed by atoms with Gasteiger partial charge in [-0.3, -0.25) is 4.79 Å². The summed E-state index contributed by atoms with van der Waals surface area (Å²) >= 11 is 0. The third kappa shape index (κ3) is 14.6. The number of likely N-dealkylation sites (N-methyl/N-ethyl adjacent to an activating group) is 1. The molecule has 70 heavy (non-hydrogen) atoms. The van der Waals surface area contributed by atoms with Crippen LogP contribution < -0.4 is 19.9 Å². The van der Waals surface area contributed by atoms with Crippen molar-refractivity contribution in [3.63, 3.8) is 0 Å². The number of carbonyl (C=O) groups is 2. The maximum Gasteiger partial charge on any atom is 0.472 e. The van der Waals surface area contributed by atoms with E-state index in [0.29, 0.717) is 58.5 Å². The van der Waals surface area contributed by atoms with Crippen LogP contribution in [0.1, 0.15) is 89.4 Å². The Hall–Kier alpha value is -5.42. The SMILES string of the molecule is C[N+]1(CC(=O)c2cccc[n+]2Cc2cc(C(O)CNCCCCCCOCCCCc3ccccc3)ccc2OCOP(=O)(O)O)CC[C@@H](N2CC(c3ccc(F)cc3)(c3ccc(F)cc3)NC2=O)C1. The van der Waals surface area contributed by atoms with Gasteiger partial charge in [0.2, 0.25) is 0 Å². The third-order valence-corrected chi connectivity index (χ3v) is 13.8. The van der Waals surface area contributed by atoms with Gasteiger partial charge in [0.15, 0.2) is 19.5 Å². The highest BCUT2D eigenvalue weighted by Crippen LogP contribution is 2.38. The summed E-state index contributed by atoms with van der Waals surface area (Å²) in [7, 11) is -2.84. The lowest BCUT2D eigenvalue weighted by Crippen LogP contribution is -2.51. The van der Waals surface area contributed by atoms with Gasteiger partial charge in [0.1, 0.15) is 29.5 Å². The van der Waals surface area contributed by atoms with Crippen LogP contribution in [0.15, 0.2) is 121 Å². The number of ether oxygens (including phenoxy) is 2. The average molecular weight is 986 g/mol. The molecule has 0 aliphatic carbocycles. The van der Waals surface area contributed by atoms with E-state index in [2.05, 4.69) is 39.4 Å². The first-order valence-electron chi connectivity index (χ1n) is 24.1. The first-order chi connectivity index (χ1) is 33.7. The standard InChI is InChI=1S/C53H64F2N5O9P/c1-60(30-27-47(36-60)59-38-53(57-52(59)63,43-18-22-45(54)23-19-43)44-20-24-46(55)25-21-44)37-50(62)48-16-7-10-29-58(48)35-42-33-41(17-26-51(42)68-39-69-70(64,65)66)49(61)34-56-28-9-2-3-11-31-67-32-12-8-15-40-13-5-4-6-14-40/h4-7,10,13-14,16-26,29,33,47,49,56,61H,2-3,8-9,11-12,15,27-28,30-32,34-39H2,1H3,(H-2,57,63,64,65,66)/p+2/t47-,49?,60?/m1/s1. The number of unbranched alkanes of at least 4 members (excludes halogenated alkanes) is 4. The molecule has 0 bridgehead atoms. The quantitative estimate of drug-likeness (QED) is 0.00897. The molecule has 2 aliphatic heterocycles. The topological polar surface area (TPSA) is 171 Å². The van der Waals surface area contributed by atoms with Gasteiger partial charge >= 0.3 is 13.9 Å². The molecular formula is C53H66F2N5O9P+2. The first kappa shape index (κ1) is 52.4. The van der Waals surface area contributed by atoms with Crippen molar-refractivity contribution in [2.45, 2.75) is 75.6 Å². The van der Waals surface area contributed by atoms with Gasteiger partial charge in [-0.1, -0.05) is 73.5 Å². The Kier molecular flexibility index (Phi) is 18.4. The number of likely N-dealkylation sites (tertiary alicyclic amines) is 1. The van der Waals surface area contributed by atoms with E-state index >= 15 is 0 Å². The highest BCUT2D eigenvalue weighted by molar-refractivity contribution is 7.46. The zero-order chi connectivity index (χ0) is 49.6. The molecule has 7 rings (SSSR count). The Morgan fingerprint density at radius 2 is 1.57 bits per heavy atom. The molecule has 5 N–H and O–H groups in total. The number of nitrogens with zero attached hydrogens (tertiary/aromatic N) is 3. The number of aliphatic hydroxyl groups excluding tert-OH is 1. The van der Waals surface area contributed by atoms with Crippen LogP contribution in [0.5, 0.6) is 5.75 Å². The lowest BCUT2D eigenvalue weighted by Gasteiger charge is -2.32. The molecule has 17 heteroatoms. The molecule has 14 nitrogen and oxygen atoms in total. The molecule has 2 unspecified atom stereocenters. The van der Waals surface area contributed by atoms with Crippen molar-refractivity contribution in [3.05, 3.63) is 167 Å². The zero-order valence-corrected chi connectivity index (χ0v) is 40.7. The van der Waals surface area contributed by atoms with Crippen molar-refractivity contribution in [1.29, 1.82) is 0 Å². The molecule has 374 valence electrons. The molecule has 2 saturated heterocycles. The molecule has 2 aliphatic rings. The van der Waals surface area contributed by atoms with Crippen LogP contribution in [0.3, 0.4) is 0 Å². The summed E-state index contributed by atoms with van der Waals surface area (Å²) in [6.07, 6.45) is 8.80. The van der Waals surface area contributed by atoms with E-state index in [1.54, 1.807) is 76.3 Å². The van der Waals surface area contributed by atoms with Crippen LogP contribution in [0.2, 0.25) is 0 Å². The number of phosphoric acid groups is 1. The number of ketones is 1. The van der Waals surface area contributed by atoms with Crippen LogP contribution in [-0.4, -0.2) is 108 Å². The maximum atomic E-state index is 14.3. The number of halogens is 2. The molecule has 2 amide bonds. The highest BCUT2D eigenvalue weighted by atomic mass is 31.2. The minimum atomic E-state index is -4.83. The molecule has 0 spiro atoms. The molecule has 1 aromatic heterocycles. The second kappa shape index (κ2) is 24.6. The molecule has 0 radical (unpaired) electrons. The molecular weight excluding hydrogens is 920 g/mol.